The summed E-state index contributed by atoms with van der Waals surface area (Å²) in [6, 6.07) is 7.16. The lowest BCUT2D eigenvalue weighted by Gasteiger charge is -2.23. The zero-order valence-electron chi connectivity index (χ0n) is 19.6. The third kappa shape index (κ3) is 5.40. The Morgan fingerprint density at radius 1 is 1.20 bits per heavy atom. The van der Waals surface area contributed by atoms with Crippen molar-refractivity contribution < 1.29 is 27.8 Å². The molecule has 0 radical (unpaired) electrons. The van der Waals surface area contributed by atoms with Gasteiger partial charge in [0.25, 0.3) is 0 Å². The van der Waals surface area contributed by atoms with Crippen LogP contribution < -0.4 is 19.5 Å². The quantitative estimate of drug-likeness (QED) is 0.402. The van der Waals surface area contributed by atoms with Gasteiger partial charge in [-0.15, -0.1) is 0 Å². The number of aromatic nitrogens is 2. The van der Waals surface area contributed by atoms with E-state index in [-0.39, 0.29) is 22.8 Å². The number of carbonyl (C=O) groups excluding carboxylic acids is 1. The van der Waals surface area contributed by atoms with Crippen LogP contribution in [0.5, 0.6) is 17.2 Å². The maximum Gasteiger partial charge on any atom is 0.387 e. The Labute approximate surface area is 202 Å². The molecule has 1 N–H and O–H groups in total. The van der Waals surface area contributed by atoms with Crippen molar-refractivity contribution in [2.75, 3.05) is 20.3 Å². The topological polar surface area (TPSA) is 74.1 Å². The number of piperidine rings is 1. The second-order valence-electron chi connectivity index (χ2n) is 9.19. The molecule has 186 valence electrons. The zero-order chi connectivity index (χ0) is 24.4. The van der Waals surface area contributed by atoms with Crippen LogP contribution in [0.4, 0.5) is 8.78 Å². The molecule has 1 unspecified atom stereocenters. The molecule has 0 bridgehead atoms. The first kappa shape index (κ1) is 23.5. The second kappa shape index (κ2) is 10.2. The van der Waals surface area contributed by atoms with Gasteiger partial charge in [-0.3, -0.25) is 9.20 Å². The number of fused-ring (bicyclic) bond motifs is 1. The van der Waals surface area contributed by atoms with Crippen LogP contribution >= 0.6 is 0 Å². The van der Waals surface area contributed by atoms with Crippen LogP contribution in [0.25, 0.3) is 16.9 Å². The summed E-state index contributed by atoms with van der Waals surface area (Å²) in [5.41, 5.74) is 1.91. The summed E-state index contributed by atoms with van der Waals surface area (Å²) in [7, 11) is 1.42. The maximum absolute atomic E-state index is 13.2. The van der Waals surface area contributed by atoms with Crippen LogP contribution in [0.15, 0.2) is 36.7 Å². The number of alkyl halides is 2. The van der Waals surface area contributed by atoms with Crippen molar-refractivity contribution in [3.8, 4) is 28.5 Å². The van der Waals surface area contributed by atoms with Crippen molar-refractivity contribution >= 4 is 11.4 Å². The number of benzene rings is 1. The Kier molecular flexibility index (Phi) is 6.86. The number of nitrogens with zero attached hydrogens (tertiary/aromatic N) is 2. The highest BCUT2D eigenvalue weighted by Gasteiger charge is 2.29. The van der Waals surface area contributed by atoms with Crippen LogP contribution in [0, 0.1) is 5.92 Å². The molecule has 1 aliphatic heterocycles. The van der Waals surface area contributed by atoms with Crippen molar-refractivity contribution in [2.24, 2.45) is 5.92 Å². The molecule has 7 nitrogen and oxygen atoms in total. The minimum Gasteiger partial charge on any atom is -0.496 e. The van der Waals surface area contributed by atoms with E-state index in [1.807, 2.05) is 22.7 Å². The molecule has 2 aromatic heterocycles. The molecule has 1 aromatic carbocycles. The van der Waals surface area contributed by atoms with Gasteiger partial charge in [0.15, 0.2) is 5.78 Å². The number of nitrogens with one attached hydrogen (secondary N) is 1. The Morgan fingerprint density at radius 3 is 2.74 bits per heavy atom. The van der Waals surface area contributed by atoms with Gasteiger partial charge >= 0.3 is 6.61 Å². The summed E-state index contributed by atoms with van der Waals surface area (Å²) in [5.74, 6) is 0.783. The molecule has 0 spiro atoms. The number of methoxy groups -OCH3 is 1. The summed E-state index contributed by atoms with van der Waals surface area (Å²) < 4.78 is 44.5. The molecule has 1 saturated heterocycles. The number of rotatable bonds is 10. The molecule has 1 atom stereocenters. The molecule has 35 heavy (non-hydrogen) atoms. The van der Waals surface area contributed by atoms with Crippen LogP contribution in [-0.4, -0.2) is 48.1 Å². The molecule has 1 saturated carbocycles. The minimum absolute atomic E-state index is 0.0595. The molecule has 2 fully saturated rings. The van der Waals surface area contributed by atoms with E-state index in [2.05, 4.69) is 10.3 Å². The van der Waals surface area contributed by atoms with E-state index < -0.39 is 6.61 Å². The highest BCUT2D eigenvalue weighted by molar-refractivity contribution is 6.02. The van der Waals surface area contributed by atoms with Gasteiger partial charge in [-0.25, -0.2) is 4.98 Å². The summed E-state index contributed by atoms with van der Waals surface area (Å²) in [6.45, 7) is -1.46. The third-order valence-electron chi connectivity index (χ3n) is 6.60. The van der Waals surface area contributed by atoms with E-state index in [0.717, 1.165) is 25.8 Å². The normalized spacial score (nSPS) is 18.1. The third-order valence-corrected chi connectivity index (χ3v) is 6.60. The van der Waals surface area contributed by atoms with Crippen LogP contribution in [0.3, 0.4) is 0 Å². The summed E-state index contributed by atoms with van der Waals surface area (Å²) in [6.07, 6.45) is 9.22. The van der Waals surface area contributed by atoms with Crippen molar-refractivity contribution in [2.45, 2.75) is 51.2 Å². The SMILES string of the molecule is COc1cc(-c2cnc3cc(OCC4CCCCN4)ccn23)cc(OC(F)F)c1C(=O)CC1CC1. The smallest absolute Gasteiger partial charge is 0.387 e. The molecule has 3 aromatic rings. The van der Waals surface area contributed by atoms with Crippen molar-refractivity contribution in [1.29, 1.82) is 0 Å². The molecular formula is C26H29F2N3O4. The molecule has 2 aliphatic rings. The average molecular weight is 486 g/mol. The lowest BCUT2D eigenvalue weighted by Crippen LogP contribution is -2.38. The van der Waals surface area contributed by atoms with Gasteiger partial charge in [-0.05, 0) is 56.3 Å². The molecule has 3 heterocycles. The number of pyridine rings is 1. The van der Waals surface area contributed by atoms with Gasteiger partial charge in [0.1, 0.15) is 35.1 Å². The van der Waals surface area contributed by atoms with Gasteiger partial charge in [-0.1, -0.05) is 6.42 Å². The second-order valence-corrected chi connectivity index (χ2v) is 9.19. The number of Topliss-reactive ketones (excluding diaryl/α,β-unsaturated/α-hetero) is 1. The molecule has 9 heteroatoms. The van der Waals surface area contributed by atoms with E-state index >= 15 is 0 Å². The highest BCUT2D eigenvalue weighted by atomic mass is 19.3. The van der Waals surface area contributed by atoms with Gasteiger partial charge < -0.3 is 19.5 Å². The van der Waals surface area contributed by atoms with E-state index in [1.165, 1.54) is 26.0 Å². The summed E-state index contributed by atoms with van der Waals surface area (Å²) in [5, 5.41) is 3.46. The number of hydrogen-bond donors (Lipinski definition) is 1. The zero-order valence-corrected chi connectivity index (χ0v) is 19.6. The lowest BCUT2D eigenvalue weighted by atomic mass is 10.00. The van der Waals surface area contributed by atoms with Crippen LogP contribution in [0.2, 0.25) is 0 Å². The average Bonchev–Trinajstić information content (AvgIpc) is 3.57. The number of hydrogen-bond acceptors (Lipinski definition) is 6. The molecule has 1 aliphatic carbocycles. The molecule has 5 rings (SSSR count). The van der Waals surface area contributed by atoms with Gasteiger partial charge in [-0.2, -0.15) is 8.78 Å². The summed E-state index contributed by atoms with van der Waals surface area (Å²) >= 11 is 0. The first-order valence-corrected chi connectivity index (χ1v) is 12.1. The van der Waals surface area contributed by atoms with Crippen molar-refractivity contribution in [1.82, 2.24) is 14.7 Å². The standard InChI is InChI=1S/C26H29F2N3O4/c1-33-22-11-17(12-23(35-26(27)28)25(22)21(32)10-16-5-6-16)20-14-30-24-13-19(7-9-31(20)24)34-15-18-4-2-3-8-29-18/h7,9,11-14,16,18,26,29H,2-6,8,10,15H2,1H3. The fraction of sp³-hybridized carbons (Fsp3) is 0.462. The van der Waals surface area contributed by atoms with Gasteiger partial charge in [0, 0.05) is 30.3 Å². The number of ether oxygens (including phenoxy) is 3. The monoisotopic (exact) mass is 485 g/mol. The Hall–Kier alpha value is -3.20. The first-order valence-electron chi connectivity index (χ1n) is 12.1. The maximum atomic E-state index is 13.2. The molecular weight excluding hydrogens is 456 g/mol. The first-order chi connectivity index (χ1) is 17.0. The summed E-state index contributed by atoms with van der Waals surface area (Å²) in [4.78, 5) is 17.3. The Morgan fingerprint density at radius 2 is 2.03 bits per heavy atom. The van der Waals surface area contributed by atoms with E-state index in [4.69, 9.17) is 14.2 Å². The fourth-order valence-electron chi connectivity index (χ4n) is 4.58. The minimum atomic E-state index is -3.07. The molecule has 0 amide bonds. The van der Waals surface area contributed by atoms with Crippen molar-refractivity contribution in [3.63, 3.8) is 0 Å². The highest BCUT2D eigenvalue weighted by Crippen LogP contribution is 2.40. The Balaban J connectivity index is 1.44. The van der Waals surface area contributed by atoms with E-state index in [0.29, 0.717) is 47.6 Å². The van der Waals surface area contributed by atoms with Crippen LogP contribution in [-0.2, 0) is 0 Å². The predicted molar refractivity (Wildman–Crippen MR) is 127 cm³/mol. The number of halogens is 2. The fourth-order valence-corrected chi connectivity index (χ4v) is 4.58. The van der Waals surface area contributed by atoms with Crippen LogP contribution in [0.1, 0.15) is 48.9 Å². The van der Waals surface area contributed by atoms with Gasteiger partial charge in [0.2, 0.25) is 0 Å². The van der Waals surface area contributed by atoms with E-state index in [9.17, 15) is 13.6 Å². The lowest BCUT2D eigenvalue weighted by molar-refractivity contribution is -0.0502. The van der Waals surface area contributed by atoms with Gasteiger partial charge in [0.05, 0.1) is 19.0 Å². The van der Waals surface area contributed by atoms with Crippen molar-refractivity contribution in [3.05, 3.63) is 42.2 Å². The number of imidazole rings is 1. The number of ketones is 1. The number of carbonyl (C=O) groups is 1. The largest absolute Gasteiger partial charge is 0.496 e. The Bertz CT molecular complexity index is 1200. The predicted octanol–water partition coefficient (Wildman–Crippen LogP) is 5.12. The van der Waals surface area contributed by atoms with E-state index in [1.54, 1.807) is 12.3 Å².